The van der Waals surface area contributed by atoms with Gasteiger partial charge >= 0.3 is 0 Å². The Kier molecular flexibility index (Phi) is 4.42. The standard InChI is InChI=1S/C8H14O2S/c1-5(2)8(6(3)9)11-7(4)10/h5,8H,1-4H3. The second kappa shape index (κ2) is 4.54. The Morgan fingerprint density at radius 2 is 1.64 bits per heavy atom. The van der Waals surface area contributed by atoms with Crippen molar-refractivity contribution in [1.29, 1.82) is 0 Å². The first-order chi connectivity index (χ1) is 4.95. The molecular weight excluding hydrogens is 160 g/mol. The number of carbonyl (C=O) groups excluding carboxylic acids is 2. The molecule has 64 valence electrons. The van der Waals surface area contributed by atoms with Gasteiger partial charge in [0.1, 0.15) is 5.78 Å². The molecule has 2 nitrogen and oxygen atoms in total. The van der Waals surface area contributed by atoms with Crippen molar-refractivity contribution in [1.82, 2.24) is 0 Å². The third kappa shape index (κ3) is 4.19. The smallest absolute Gasteiger partial charge is 0.186 e. The average molecular weight is 174 g/mol. The highest BCUT2D eigenvalue weighted by Crippen LogP contribution is 2.20. The Morgan fingerprint density at radius 1 is 1.18 bits per heavy atom. The van der Waals surface area contributed by atoms with Crippen LogP contribution >= 0.6 is 11.8 Å². The molecule has 11 heavy (non-hydrogen) atoms. The molecule has 0 rings (SSSR count). The predicted octanol–water partition coefficient (Wildman–Crippen LogP) is 1.88. The van der Waals surface area contributed by atoms with E-state index in [-0.39, 0.29) is 22.1 Å². The number of hydrogen-bond donors (Lipinski definition) is 0. The molecule has 0 heterocycles. The second-order valence-corrected chi connectivity index (χ2v) is 4.20. The molecule has 0 spiro atoms. The predicted molar refractivity (Wildman–Crippen MR) is 47.6 cm³/mol. The molecule has 1 unspecified atom stereocenters. The molecule has 0 aliphatic rings. The molecule has 0 aliphatic carbocycles. The van der Waals surface area contributed by atoms with E-state index in [0.29, 0.717) is 0 Å². The van der Waals surface area contributed by atoms with E-state index in [1.54, 1.807) is 0 Å². The molecule has 0 bridgehead atoms. The van der Waals surface area contributed by atoms with Crippen LogP contribution in [0.15, 0.2) is 0 Å². The van der Waals surface area contributed by atoms with E-state index in [1.165, 1.54) is 13.8 Å². The van der Waals surface area contributed by atoms with Gasteiger partial charge in [0.2, 0.25) is 0 Å². The van der Waals surface area contributed by atoms with Crippen molar-refractivity contribution in [2.24, 2.45) is 5.92 Å². The maximum Gasteiger partial charge on any atom is 0.186 e. The number of rotatable bonds is 3. The maximum atomic E-state index is 10.9. The molecule has 0 saturated carbocycles. The summed E-state index contributed by atoms with van der Waals surface area (Å²) in [6.07, 6.45) is 0. The first-order valence-electron chi connectivity index (χ1n) is 3.62. The van der Waals surface area contributed by atoms with Gasteiger partial charge in [-0.3, -0.25) is 9.59 Å². The number of thioether (sulfide) groups is 1. The fourth-order valence-corrected chi connectivity index (χ4v) is 1.66. The Hall–Kier alpha value is -0.310. The van der Waals surface area contributed by atoms with Gasteiger partial charge < -0.3 is 0 Å². The lowest BCUT2D eigenvalue weighted by Crippen LogP contribution is -2.21. The van der Waals surface area contributed by atoms with E-state index in [2.05, 4.69) is 0 Å². The van der Waals surface area contributed by atoms with Gasteiger partial charge in [0.15, 0.2) is 5.12 Å². The SMILES string of the molecule is CC(=O)SC(C(C)=O)C(C)C. The van der Waals surface area contributed by atoms with Crippen molar-refractivity contribution < 1.29 is 9.59 Å². The van der Waals surface area contributed by atoms with Crippen LogP contribution < -0.4 is 0 Å². The summed E-state index contributed by atoms with van der Waals surface area (Å²) in [5.41, 5.74) is 0. The van der Waals surface area contributed by atoms with Crippen molar-refractivity contribution in [2.45, 2.75) is 32.9 Å². The van der Waals surface area contributed by atoms with Crippen LogP contribution in [0.3, 0.4) is 0 Å². The lowest BCUT2D eigenvalue weighted by molar-refractivity contribution is -0.117. The largest absolute Gasteiger partial charge is 0.299 e. The van der Waals surface area contributed by atoms with E-state index >= 15 is 0 Å². The van der Waals surface area contributed by atoms with Crippen molar-refractivity contribution >= 4 is 22.7 Å². The Bertz CT molecular complexity index is 163. The molecule has 0 N–H and O–H groups in total. The van der Waals surface area contributed by atoms with Gasteiger partial charge in [-0.1, -0.05) is 25.6 Å². The van der Waals surface area contributed by atoms with Gasteiger partial charge in [-0.2, -0.15) is 0 Å². The highest BCUT2D eigenvalue weighted by atomic mass is 32.2. The molecule has 0 aromatic carbocycles. The highest BCUT2D eigenvalue weighted by Gasteiger charge is 2.20. The molecule has 0 fully saturated rings. The third-order valence-electron chi connectivity index (χ3n) is 1.30. The first-order valence-corrected chi connectivity index (χ1v) is 4.50. The average Bonchev–Trinajstić information content (AvgIpc) is 1.81. The summed E-state index contributed by atoms with van der Waals surface area (Å²) in [6.45, 7) is 6.91. The minimum atomic E-state index is -0.160. The lowest BCUT2D eigenvalue weighted by Gasteiger charge is -2.14. The minimum Gasteiger partial charge on any atom is -0.299 e. The molecule has 3 heteroatoms. The number of carbonyl (C=O) groups is 2. The van der Waals surface area contributed by atoms with Gasteiger partial charge in [0.05, 0.1) is 5.25 Å². The van der Waals surface area contributed by atoms with E-state index in [4.69, 9.17) is 0 Å². The summed E-state index contributed by atoms with van der Waals surface area (Å²) < 4.78 is 0. The van der Waals surface area contributed by atoms with E-state index in [9.17, 15) is 9.59 Å². The van der Waals surface area contributed by atoms with Crippen molar-refractivity contribution in [3.8, 4) is 0 Å². The van der Waals surface area contributed by atoms with E-state index < -0.39 is 0 Å². The van der Waals surface area contributed by atoms with Gasteiger partial charge in [0.25, 0.3) is 0 Å². The summed E-state index contributed by atoms with van der Waals surface area (Å²) in [5.74, 6) is 0.321. The van der Waals surface area contributed by atoms with E-state index in [1.807, 2.05) is 13.8 Å². The van der Waals surface area contributed by atoms with Crippen LogP contribution in [0.4, 0.5) is 0 Å². The van der Waals surface area contributed by atoms with Crippen LogP contribution in [0.25, 0.3) is 0 Å². The van der Waals surface area contributed by atoms with Crippen molar-refractivity contribution in [2.75, 3.05) is 0 Å². The monoisotopic (exact) mass is 174 g/mol. The van der Waals surface area contributed by atoms with Crippen molar-refractivity contribution in [3.63, 3.8) is 0 Å². The molecule has 0 amide bonds. The fourth-order valence-electron chi connectivity index (χ4n) is 0.867. The normalized spacial score (nSPS) is 13.2. The summed E-state index contributed by atoms with van der Waals surface area (Å²) in [6, 6.07) is 0. The molecule has 0 aromatic heterocycles. The Morgan fingerprint density at radius 3 is 1.73 bits per heavy atom. The third-order valence-corrected chi connectivity index (χ3v) is 2.76. The Balaban J connectivity index is 4.12. The molecule has 1 atom stereocenters. The summed E-state index contributed by atoms with van der Waals surface area (Å²) >= 11 is 1.13. The zero-order valence-electron chi connectivity index (χ0n) is 7.38. The Labute approximate surface area is 71.7 Å². The zero-order chi connectivity index (χ0) is 9.02. The maximum absolute atomic E-state index is 10.9. The van der Waals surface area contributed by atoms with Gasteiger partial charge in [-0.25, -0.2) is 0 Å². The van der Waals surface area contributed by atoms with Gasteiger partial charge in [-0.05, 0) is 12.8 Å². The molecular formula is C8H14O2S. The summed E-state index contributed by atoms with van der Waals surface area (Å²) in [7, 11) is 0. The van der Waals surface area contributed by atoms with Gasteiger partial charge in [0, 0.05) is 6.92 Å². The van der Waals surface area contributed by atoms with Crippen LogP contribution in [-0.2, 0) is 9.59 Å². The molecule has 0 aromatic rings. The molecule has 0 radical (unpaired) electrons. The van der Waals surface area contributed by atoms with Crippen LogP contribution in [0.5, 0.6) is 0 Å². The topological polar surface area (TPSA) is 34.1 Å². The molecule has 0 saturated heterocycles. The lowest BCUT2D eigenvalue weighted by atomic mass is 10.1. The summed E-state index contributed by atoms with van der Waals surface area (Å²) in [4.78, 5) is 21.6. The van der Waals surface area contributed by atoms with Crippen LogP contribution in [0.1, 0.15) is 27.7 Å². The van der Waals surface area contributed by atoms with Crippen LogP contribution in [0, 0.1) is 5.92 Å². The summed E-state index contributed by atoms with van der Waals surface area (Å²) in [5, 5.41) is -0.147. The number of ketones is 1. The van der Waals surface area contributed by atoms with Crippen molar-refractivity contribution in [3.05, 3.63) is 0 Å². The first kappa shape index (κ1) is 10.7. The van der Waals surface area contributed by atoms with Crippen LogP contribution in [-0.4, -0.2) is 16.1 Å². The second-order valence-electron chi connectivity index (χ2n) is 2.88. The minimum absolute atomic E-state index is 0.0129. The fraction of sp³-hybridized carbons (Fsp3) is 0.750. The number of hydrogen-bond acceptors (Lipinski definition) is 3. The zero-order valence-corrected chi connectivity index (χ0v) is 8.20. The van der Waals surface area contributed by atoms with Gasteiger partial charge in [-0.15, -0.1) is 0 Å². The quantitative estimate of drug-likeness (QED) is 0.655. The highest BCUT2D eigenvalue weighted by molar-refractivity contribution is 8.14. The molecule has 0 aliphatic heterocycles. The van der Waals surface area contributed by atoms with Crippen LogP contribution in [0.2, 0.25) is 0 Å². The van der Waals surface area contributed by atoms with E-state index in [0.717, 1.165) is 11.8 Å². The number of Topliss-reactive ketones (excluding diaryl/α,β-unsaturated/α-hetero) is 1.